The molecule has 0 aliphatic rings. The molecule has 1 aromatic carbocycles. The molecule has 0 fully saturated rings. The highest BCUT2D eigenvalue weighted by molar-refractivity contribution is 6.31. The molecular weight excluding hydrogens is 219 g/mol. The molecule has 0 saturated carbocycles. The Hall–Kier alpha value is -1.13. The first-order chi connectivity index (χ1) is 7.06. The van der Waals surface area contributed by atoms with Gasteiger partial charge in [-0.3, -0.25) is 4.79 Å². The minimum absolute atomic E-state index is 0.0666. The smallest absolute Gasteiger partial charge is 0.254 e. The van der Waals surface area contributed by atoms with Crippen molar-refractivity contribution in [2.75, 3.05) is 6.54 Å². The zero-order chi connectivity index (χ0) is 11.4. The number of hydrogen-bond donors (Lipinski definition) is 2. The van der Waals surface area contributed by atoms with Gasteiger partial charge in [-0.25, -0.2) is 4.39 Å². The summed E-state index contributed by atoms with van der Waals surface area (Å²) in [5, 5.41) is 2.48. The maximum absolute atomic E-state index is 13.4. The van der Waals surface area contributed by atoms with Gasteiger partial charge in [-0.2, -0.15) is 0 Å². The van der Waals surface area contributed by atoms with Crippen molar-refractivity contribution >= 4 is 17.5 Å². The number of benzene rings is 1. The molecule has 0 radical (unpaired) electrons. The van der Waals surface area contributed by atoms with Crippen molar-refractivity contribution < 1.29 is 9.18 Å². The number of carbonyl (C=O) groups is 1. The highest BCUT2D eigenvalue weighted by Gasteiger charge is 2.15. The number of nitrogens with one attached hydrogen (secondary N) is 1. The predicted octanol–water partition coefficient (Wildman–Crippen LogP) is 1.56. The molecule has 0 aliphatic carbocycles. The molecule has 0 unspecified atom stereocenters. The molecule has 82 valence electrons. The summed E-state index contributed by atoms with van der Waals surface area (Å²) in [6, 6.07) is 4.09. The van der Waals surface area contributed by atoms with Crippen LogP contribution in [0.3, 0.4) is 0 Å². The average Bonchev–Trinajstić information content (AvgIpc) is 2.21. The summed E-state index contributed by atoms with van der Waals surface area (Å²) in [6.07, 6.45) is 0. The van der Waals surface area contributed by atoms with Crippen molar-refractivity contribution in [3.8, 4) is 0 Å². The lowest BCUT2D eigenvalue weighted by Gasteiger charge is -2.11. The van der Waals surface area contributed by atoms with Crippen LogP contribution in [0.15, 0.2) is 18.2 Å². The molecule has 5 heteroatoms. The molecule has 1 atom stereocenters. The molecule has 0 spiro atoms. The highest BCUT2D eigenvalue weighted by atomic mass is 35.5. The Morgan fingerprint density at radius 3 is 2.93 bits per heavy atom. The Kier molecular flexibility index (Phi) is 4.05. The van der Waals surface area contributed by atoms with Gasteiger partial charge in [-0.05, 0) is 19.1 Å². The van der Waals surface area contributed by atoms with Crippen molar-refractivity contribution in [3.63, 3.8) is 0 Å². The fraction of sp³-hybridized carbons (Fsp3) is 0.300. The number of hydrogen-bond acceptors (Lipinski definition) is 2. The summed E-state index contributed by atoms with van der Waals surface area (Å²) in [7, 11) is 0. The molecule has 0 heterocycles. The summed E-state index contributed by atoms with van der Waals surface area (Å²) in [5.74, 6) is -1.21. The highest BCUT2D eigenvalue weighted by Crippen LogP contribution is 2.17. The molecular formula is C10H12ClFN2O. The van der Waals surface area contributed by atoms with E-state index in [1.54, 1.807) is 6.92 Å². The van der Waals surface area contributed by atoms with Crippen LogP contribution in [0.25, 0.3) is 0 Å². The molecule has 3 nitrogen and oxygen atoms in total. The first kappa shape index (κ1) is 11.9. The zero-order valence-corrected chi connectivity index (χ0v) is 9.01. The van der Waals surface area contributed by atoms with Crippen LogP contribution in [0.1, 0.15) is 17.3 Å². The second-order valence-corrected chi connectivity index (χ2v) is 3.62. The molecule has 0 aliphatic heterocycles. The lowest BCUT2D eigenvalue weighted by Crippen LogP contribution is -2.38. The van der Waals surface area contributed by atoms with Gasteiger partial charge in [0.1, 0.15) is 0 Å². The molecule has 1 aromatic rings. The van der Waals surface area contributed by atoms with Crippen LogP contribution >= 0.6 is 11.6 Å². The van der Waals surface area contributed by atoms with Crippen molar-refractivity contribution in [2.24, 2.45) is 5.73 Å². The van der Waals surface area contributed by atoms with E-state index in [4.69, 9.17) is 17.3 Å². The van der Waals surface area contributed by atoms with Crippen LogP contribution in [0.4, 0.5) is 4.39 Å². The van der Waals surface area contributed by atoms with Gasteiger partial charge in [-0.1, -0.05) is 17.7 Å². The molecule has 1 rings (SSSR count). The maximum atomic E-state index is 13.4. The minimum atomic E-state index is -0.708. The third-order valence-corrected chi connectivity index (χ3v) is 2.22. The molecule has 15 heavy (non-hydrogen) atoms. The van der Waals surface area contributed by atoms with Crippen molar-refractivity contribution in [1.29, 1.82) is 0 Å². The Morgan fingerprint density at radius 2 is 2.33 bits per heavy atom. The van der Waals surface area contributed by atoms with Crippen molar-refractivity contribution in [2.45, 2.75) is 13.0 Å². The Bertz CT molecular complexity index is 370. The molecule has 3 N–H and O–H groups in total. The topological polar surface area (TPSA) is 55.1 Å². The van der Waals surface area contributed by atoms with E-state index in [0.717, 1.165) is 0 Å². The van der Waals surface area contributed by atoms with E-state index < -0.39 is 11.7 Å². The number of rotatable bonds is 3. The number of carbonyl (C=O) groups excluding carboxylic acids is 1. The van der Waals surface area contributed by atoms with Gasteiger partial charge in [0.15, 0.2) is 5.82 Å². The van der Waals surface area contributed by atoms with Crippen molar-refractivity contribution in [3.05, 3.63) is 34.6 Å². The third kappa shape index (κ3) is 2.91. The first-order valence-corrected chi connectivity index (χ1v) is 4.89. The van der Waals surface area contributed by atoms with Gasteiger partial charge < -0.3 is 11.1 Å². The number of amides is 1. The van der Waals surface area contributed by atoms with Crippen LogP contribution in [0, 0.1) is 5.82 Å². The lowest BCUT2D eigenvalue weighted by atomic mass is 10.2. The largest absolute Gasteiger partial charge is 0.348 e. The van der Waals surface area contributed by atoms with Crippen LogP contribution in [0.5, 0.6) is 0 Å². The van der Waals surface area contributed by atoms with Crippen molar-refractivity contribution in [1.82, 2.24) is 5.32 Å². The van der Waals surface area contributed by atoms with Crippen LogP contribution in [-0.2, 0) is 0 Å². The quantitative estimate of drug-likeness (QED) is 0.828. The Balaban J connectivity index is 2.87. The summed E-state index contributed by atoms with van der Waals surface area (Å²) >= 11 is 5.55. The monoisotopic (exact) mass is 230 g/mol. The second kappa shape index (κ2) is 5.09. The predicted molar refractivity (Wildman–Crippen MR) is 57.4 cm³/mol. The van der Waals surface area contributed by atoms with Gasteiger partial charge in [0.25, 0.3) is 5.91 Å². The summed E-state index contributed by atoms with van der Waals surface area (Å²) in [6.45, 7) is 2.04. The molecule has 0 saturated heterocycles. The van der Waals surface area contributed by atoms with E-state index in [1.165, 1.54) is 18.2 Å². The summed E-state index contributed by atoms with van der Waals surface area (Å²) in [4.78, 5) is 11.5. The Labute approximate surface area is 92.4 Å². The second-order valence-electron chi connectivity index (χ2n) is 3.21. The lowest BCUT2D eigenvalue weighted by molar-refractivity contribution is 0.0937. The fourth-order valence-corrected chi connectivity index (χ4v) is 1.21. The molecule has 0 bridgehead atoms. The van der Waals surface area contributed by atoms with Crippen LogP contribution in [-0.4, -0.2) is 18.5 Å². The van der Waals surface area contributed by atoms with Gasteiger partial charge in [-0.15, -0.1) is 0 Å². The van der Waals surface area contributed by atoms with E-state index in [0.29, 0.717) is 6.54 Å². The van der Waals surface area contributed by atoms with Gasteiger partial charge in [0.2, 0.25) is 0 Å². The normalized spacial score (nSPS) is 12.3. The van der Waals surface area contributed by atoms with E-state index in [-0.39, 0.29) is 16.6 Å². The van der Waals surface area contributed by atoms with E-state index in [2.05, 4.69) is 5.32 Å². The summed E-state index contributed by atoms with van der Waals surface area (Å²) in [5.41, 5.74) is 5.26. The first-order valence-electron chi connectivity index (χ1n) is 4.51. The standard InChI is InChI=1S/C10H12ClFN2O/c1-6(5-13)14-10(15)7-3-2-4-8(11)9(7)12/h2-4,6H,5,13H2,1H3,(H,14,15)/t6-/m1/s1. The van der Waals surface area contributed by atoms with E-state index >= 15 is 0 Å². The van der Waals surface area contributed by atoms with E-state index in [9.17, 15) is 9.18 Å². The number of halogens is 2. The zero-order valence-electron chi connectivity index (χ0n) is 8.26. The average molecular weight is 231 g/mol. The maximum Gasteiger partial charge on any atom is 0.254 e. The SMILES string of the molecule is C[C@H](CN)NC(=O)c1cccc(Cl)c1F. The molecule has 0 aromatic heterocycles. The third-order valence-electron chi connectivity index (χ3n) is 1.93. The Morgan fingerprint density at radius 1 is 1.67 bits per heavy atom. The fourth-order valence-electron chi connectivity index (χ4n) is 1.04. The van der Waals surface area contributed by atoms with Gasteiger partial charge in [0, 0.05) is 12.6 Å². The van der Waals surface area contributed by atoms with Crippen LogP contribution in [0.2, 0.25) is 5.02 Å². The summed E-state index contributed by atoms with van der Waals surface area (Å²) < 4.78 is 13.4. The van der Waals surface area contributed by atoms with Gasteiger partial charge >= 0.3 is 0 Å². The van der Waals surface area contributed by atoms with Crippen LogP contribution < -0.4 is 11.1 Å². The van der Waals surface area contributed by atoms with E-state index in [1.807, 2.05) is 0 Å². The van der Waals surface area contributed by atoms with Gasteiger partial charge in [0.05, 0.1) is 10.6 Å². The number of nitrogens with two attached hydrogens (primary N) is 1. The minimum Gasteiger partial charge on any atom is -0.348 e. The molecule has 1 amide bonds.